The molecule has 0 radical (unpaired) electrons. The van der Waals surface area contributed by atoms with Crippen LogP contribution in [-0.2, 0) is 6.54 Å². The van der Waals surface area contributed by atoms with Gasteiger partial charge in [0.1, 0.15) is 5.75 Å². The lowest BCUT2D eigenvalue weighted by Gasteiger charge is -2.07. The van der Waals surface area contributed by atoms with E-state index in [0.29, 0.717) is 40.5 Å². The van der Waals surface area contributed by atoms with E-state index >= 15 is 0 Å². The molecule has 0 saturated heterocycles. The highest BCUT2D eigenvalue weighted by Gasteiger charge is 2.12. The summed E-state index contributed by atoms with van der Waals surface area (Å²) >= 11 is 0. The molecule has 2 N–H and O–H groups in total. The lowest BCUT2D eigenvalue weighted by molar-refractivity contribution is 0.0951. The molecule has 0 aliphatic rings. The molecule has 7 heteroatoms. The largest absolute Gasteiger partial charge is 0.468 e. The van der Waals surface area contributed by atoms with Gasteiger partial charge in [-0.15, -0.1) is 0 Å². The van der Waals surface area contributed by atoms with E-state index in [4.69, 9.17) is 14.3 Å². The summed E-state index contributed by atoms with van der Waals surface area (Å²) in [6.45, 7) is -0.00214. The number of ether oxygens (including phenoxy) is 1. The van der Waals surface area contributed by atoms with Crippen LogP contribution in [0.25, 0.3) is 22.7 Å². The Morgan fingerprint density at radius 1 is 1.11 bits per heavy atom. The van der Waals surface area contributed by atoms with E-state index in [2.05, 4.69) is 15.3 Å². The molecular formula is C21H17N3O4. The third-order valence-corrected chi connectivity index (χ3v) is 4.14. The quantitative estimate of drug-likeness (QED) is 0.503. The number of rotatable bonds is 6. The van der Waals surface area contributed by atoms with Crippen molar-refractivity contribution in [2.75, 3.05) is 6.79 Å². The number of fused-ring (bicyclic) bond motifs is 1. The maximum atomic E-state index is 12.5. The predicted octanol–water partition coefficient (Wildman–Crippen LogP) is 3.15. The molecule has 4 rings (SSSR count). The Labute approximate surface area is 160 Å². The number of carbonyl (C=O) groups is 1. The molecular weight excluding hydrogens is 358 g/mol. The van der Waals surface area contributed by atoms with E-state index in [-0.39, 0.29) is 12.7 Å². The van der Waals surface area contributed by atoms with Crippen LogP contribution < -0.4 is 10.1 Å². The van der Waals surface area contributed by atoms with Crippen LogP contribution in [0.2, 0.25) is 0 Å². The van der Waals surface area contributed by atoms with Gasteiger partial charge in [-0.05, 0) is 48.0 Å². The average molecular weight is 375 g/mol. The van der Waals surface area contributed by atoms with Crippen molar-refractivity contribution in [1.29, 1.82) is 0 Å². The summed E-state index contributed by atoms with van der Waals surface area (Å²) in [4.78, 5) is 21.0. The minimum absolute atomic E-state index is 0.202. The fourth-order valence-corrected chi connectivity index (χ4v) is 2.75. The van der Waals surface area contributed by atoms with Gasteiger partial charge in [0.25, 0.3) is 5.91 Å². The van der Waals surface area contributed by atoms with Crippen LogP contribution in [0.1, 0.15) is 15.9 Å². The second kappa shape index (κ2) is 7.89. The first-order chi connectivity index (χ1) is 13.7. The van der Waals surface area contributed by atoms with Gasteiger partial charge in [-0.25, -0.2) is 4.98 Å². The van der Waals surface area contributed by atoms with Gasteiger partial charge in [0.15, 0.2) is 18.0 Å². The van der Waals surface area contributed by atoms with Crippen molar-refractivity contribution >= 4 is 17.1 Å². The second-order valence-corrected chi connectivity index (χ2v) is 6.03. The molecule has 0 unspecified atom stereocenters. The van der Waals surface area contributed by atoms with Gasteiger partial charge in [-0.3, -0.25) is 4.79 Å². The Kier molecular flexibility index (Phi) is 4.99. The second-order valence-electron chi connectivity index (χ2n) is 6.03. The summed E-state index contributed by atoms with van der Waals surface area (Å²) in [6.07, 6.45) is 1.65. The van der Waals surface area contributed by atoms with Crippen molar-refractivity contribution in [2.24, 2.45) is 0 Å². The van der Waals surface area contributed by atoms with Gasteiger partial charge in [-0.2, -0.15) is 4.98 Å². The summed E-state index contributed by atoms with van der Waals surface area (Å²) in [5.41, 5.74) is 3.26. The number of nitrogens with one attached hydrogen (secondary N) is 1. The zero-order valence-electron chi connectivity index (χ0n) is 14.8. The molecule has 0 spiro atoms. The number of nitrogens with zero attached hydrogens (tertiary/aromatic N) is 2. The summed E-state index contributed by atoms with van der Waals surface area (Å²) in [7, 11) is 0. The van der Waals surface area contributed by atoms with Gasteiger partial charge >= 0.3 is 0 Å². The van der Waals surface area contributed by atoms with Crippen LogP contribution >= 0.6 is 0 Å². The summed E-state index contributed by atoms with van der Waals surface area (Å²) in [5, 5.41) is 11.6. The Bertz CT molecular complexity index is 1070. The van der Waals surface area contributed by atoms with Crippen LogP contribution in [0.15, 0.2) is 71.3 Å². The molecule has 1 amide bonds. The summed E-state index contributed by atoms with van der Waals surface area (Å²) in [6, 6.07) is 17.8. The molecule has 4 aromatic rings. The van der Waals surface area contributed by atoms with E-state index in [1.807, 2.05) is 18.2 Å². The molecule has 7 nitrogen and oxygen atoms in total. The monoisotopic (exact) mass is 375 g/mol. The fraction of sp³-hybridized carbons (Fsp3) is 0.0952. The molecule has 0 aliphatic carbocycles. The summed E-state index contributed by atoms with van der Waals surface area (Å²) < 4.78 is 10.7. The lowest BCUT2D eigenvalue weighted by atomic mass is 10.1. The molecule has 28 heavy (non-hydrogen) atoms. The number of aliphatic hydroxyl groups excluding tert-OH is 1. The van der Waals surface area contributed by atoms with E-state index in [9.17, 15) is 4.79 Å². The zero-order chi connectivity index (χ0) is 19.3. The predicted molar refractivity (Wildman–Crippen MR) is 103 cm³/mol. The van der Waals surface area contributed by atoms with Crippen LogP contribution in [0.5, 0.6) is 5.75 Å². The molecule has 140 valence electrons. The number of hydrogen-bond acceptors (Lipinski definition) is 6. The summed E-state index contributed by atoms with van der Waals surface area (Å²) in [5.74, 6) is 0.785. The highest BCUT2D eigenvalue weighted by Crippen LogP contribution is 2.23. The highest BCUT2D eigenvalue weighted by atomic mass is 16.6. The molecule has 0 atom stereocenters. The Hall–Kier alpha value is -3.71. The van der Waals surface area contributed by atoms with Crippen molar-refractivity contribution in [3.05, 3.63) is 78.0 Å². The Morgan fingerprint density at radius 2 is 1.96 bits per heavy atom. The lowest BCUT2D eigenvalue weighted by Crippen LogP contribution is -2.22. The normalized spacial score (nSPS) is 10.8. The van der Waals surface area contributed by atoms with E-state index in [0.717, 1.165) is 5.56 Å². The third-order valence-electron chi connectivity index (χ3n) is 4.14. The molecule has 0 aliphatic heterocycles. The molecule has 0 fully saturated rings. The van der Waals surface area contributed by atoms with Gasteiger partial charge < -0.3 is 19.6 Å². The number of carbonyl (C=O) groups excluding carboxylic acids is 1. The third kappa shape index (κ3) is 3.84. The Morgan fingerprint density at radius 3 is 2.75 bits per heavy atom. The maximum Gasteiger partial charge on any atom is 0.251 e. The van der Waals surface area contributed by atoms with Crippen LogP contribution in [0.3, 0.4) is 0 Å². The topological polar surface area (TPSA) is 97.5 Å². The minimum atomic E-state index is -0.372. The number of amides is 1. The molecule has 0 bridgehead atoms. The van der Waals surface area contributed by atoms with Crippen molar-refractivity contribution in [2.45, 2.75) is 6.54 Å². The number of aromatic nitrogens is 2. The highest BCUT2D eigenvalue weighted by molar-refractivity contribution is 5.95. The first-order valence-electron chi connectivity index (χ1n) is 8.66. The van der Waals surface area contributed by atoms with Crippen LogP contribution in [-0.4, -0.2) is 27.8 Å². The smallest absolute Gasteiger partial charge is 0.251 e. The Balaban J connectivity index is 1.46. The molecule has 2 aromatic carbocycles. The van der Waals surface area contributed by atoms with Gasteiger partial charge in [0.05, 0.1) is 0 Å². The number of oxazole rings is 1. The number of hydrogen-bond donors (Lipinski definition) is 2. The first kappa shape index (κ1) is 17.7. The van der Waals surface area contributed by atoms with Gasteiger partial charge in [0, 0.05) is 23.9 Å². The zero-order valence-corrected chi connectivity index (χ0v) is 14.8. The van der Waals surface area contributed by atoms with Crippen LogP contribution in [0, 0.1) is 0 Å². The molecule has 2 aromatic heterocycles. The SMILES string of the molecule is O=C(NCc1ccc(OCO)cc1)c1cccc(-c2nc3ncccc3o2)c1. The average Bonchev–Trinajstić information content (AvgIpc) is 3.18. The fourth-order valence-electron chi connectivity index (χ4n) is 2.75. The van der Waals surface area contributed by atoms with Crippen molar-refractivity contribution in [3.63, 3.8) is 0 Å². The van der Waals surface area contributed by atoms with Crippen molar-refractivity contribution in [3.8, 4) is 17.2 Å². The number of benzene rings is 2. The maximum absolute atomic E-state index is 12.5. The van der Waals surface area contributed by atoms with E-state index in [1.54, 1.807) is 48.7 Å². The minimum Gasteiger partial charge on any atom is -0.468 e. The van der Waals surface area contributed by atoms with Crippen molar-refractivity contribution < 1.29 is 19.1 Å². The van der Waals surface area contributed by atoms with Crippen LogP contribution in [0.4, 0.5) is 0 Å². The van der Waals surface area contributed by atoms with E-state index in [1.165, 1.54) is 0 Å². The number of aliphatic hydroxyl groups is 1. The number of pyridine rings is 1. The van der Waals surface area contributed by atoms with Gasteiger partial charge in [0.2, 0.25) is 5.89 Å². The van der Waals surface area contributed by atoms with Gasteiger partial charge in [-0.1, -0.05) is 18.2 Å². The standard InChI is InChI=1S/C21H17N3O4/c25-13-27-17-8-6-14(7-9-17)12-23-20(26)15-3-1-4-16(11-15)21-24-19-18(28-21)5-2-10-22-19/h1-11,25H,12-13H2,(H,23,26). The first-order valence-corrected chi connectivity index (χ1v) is 8.66. The van der Waals surface area contributed by atoms with Crippen molar-refractivity contribution in [1.82, 2.24) is 15.3 Å². The van der Waals surface area contributed by atoms with E-state index < -0.39 is 0 Å². The molecule has 2 heterocycles. The molecule has 0 saturated carbocycles.